The van der Waals surface area contributed by atoms with Crippen LogP contribution in [0.5, 0.6) is 0 Å². The Bertz CT molecular complexity index is 567. The lowest BCUT2D eigenvalue weighted by Crippen LogP contribution is -2.25. The summed E-state index contributed by atoms with van der Waals surface area (Å²) >= 11 is 5.71. The van der Waals surface area contributed by atoms with Crippen LogP contribution in [0.1, 0.15) is 6.42 Å². The zero-order valence-electron chi connectivity index (χ0n) is 9.17. The van der Waals surface area contributed by atoms with Crippen LogP contribution in [0.4, 0.5) is 11.4 Å². The van der Waals surface area contributed by atoms with E-state index < -0.39 is 4.92 Å². The summed E-state index contributed by atoms with van der Waals surface area (Å²) in [6.45, 7) is 0.260. The van der Waals surface area contributed by atoms with Gasteiger partial charge in [0.1, 0.15) is 17.0 Å². The minimum absolute atomic E-state index is 0.0903. The predicted molar refractivity (Wildman–Crippen MR) is 65.2 cm³/mol. The van der Waals surface area contributed by atoms with Crippen LogP contribution in [0.25, 0.3) is 0 Å². The Morgan fingerprint density at radius 3 is 2.94 bits per heavy atom. The number of carbonyl (C=O) groups is 1. The van der Waals surface area contributed by atoms with Gasteiger partial charge in [0.2, 0.25) is 5.91 Å². The van der Waals surface area contributed by atoms with Gasteiger partial charge >= 0.3 is 5.69 Å². The van der Waals surface area contributed by atoms with Crippen LogP contribution < -0.4 is 4.90 Å². The van der Waals surface area contributed by atoms with Gasteiger partial charge in [0.05, 0.1) is 4.92 Å². The fourth-order valence-electron chi connectivity index (χ4n) is 1.82. The first kappa shape index (κ1) is 12.3. The molecule has 2 heterocycles. The molecule has 1 aliphatic rings. The average Bonchev–Trinajstić information content (AvgIpc) is 2.70. The van der Waals surface area contributed by atoms with Gasteiger partial charge in [-0.15, -0.1) is 12.3 Å². The van der Waals surface area contributed by atoms with Gasteiger partial charge in [-0.1, -0.05) is 11.6 Å². The molecule has 1 aliphatic heterocycles. The van der Waals surface area contributed by atoms with E-state index in [-0.39, 0.29) is 41.3 Å². The van der Waals surface area contributed by atoms with Crippen LogP contribution in [-0.4, -0.2) is 22.4 Å². The molecule has 2 rings (SSSR count). The highest BCUT2D eigenvalue weighted by Gasteiger charge is 2.33. The molecule has 0 radical (unpaired) electrons. The van der Waals surface area contributed by atoms with Crippen molar-refractivity contribution in [2.24, 2.45) is 5.92 Å². The summed E-state index contributed by atoms with van der Waals surface area (Å²) in [7, 11) is 0. The minimum Gasteiger partial charge on any atom is -0.305 e. The van der Waals surface area contributed by atoms with E-state index in [4.69, 9.17) is 18.0 Å². The van der Waals surface area contributed by atoms with E-state index >= 15 is 0 Å². The molecular weight excluding hydrogens is 258 g/mol. The third-order valence-electron chi connectivity index (χ3n) is 2.68. The van der Waals surface area contributed by atoms with Crippen molar-refractivity contribution in [1.29, 1.82) is 0 Å². The van der Waals surface area contributed by atoms with Crippen LogP contribution in [0.15, 0.2) is 12.3 Å². The van der Waals surface area contributed by atoms with Gasteiger partial charge in [0.15, 0.2) is 0 Å². The quantitative estimate of drug-likeness (QED) is 0.352. The van der Waals surface area contributed by atoms with E-state index in [2.05, 4.69) is 10.9 Å². The first-order chi connectivity index (χ1) is 8.52. The number of halogens is 1. The number of rotatable bonds is 2. The molecule has 1 aromatic rings. The van der Waals surface area contributed by atoms with Crippen LogP contribution in [0.2, 0.25) is 5.15 Å². The molecule has 1 atom stereocenters. The molecule has 0 aliphatic carbocycles. The highest BCUT2D eigenvalue weighted by molar-refractivity contribution is 6.29. The lowest BCUT2D eigenvalue weighted by molar-refractivity contribution is -0.384. The maximum atomic E-state index is 11.8. The van der Waals surface area contributed by atoms with E-state index in [9.17, 15) is 14.9 Å². The van der Waals surface area contributed by atoms with Crippen molar-refractivity contribution < 1.29 is 9.72 Å². The smallest absolute Gasteiger partial charge is 0.305 e. The van der Waals surface area contributed by atoms with Crippen molar-refractivity contribution >= 4 is 28.9 Å². The van der Waals surface area contributed by atoms with Gasteiger partial charge in [0, 0.05) is 24.9 Å². The number of nitrogens with zero attached hydrogens (tertiary/aromatic N) is 3. The number of nitro groups is 1. The van der Waals surface area contributed by atoms with Gasteiger partial charge in [0.25, 0.3) is 0 Å². The largest absolute Gasteiger partial charge is 0.311 e. The minimum atomic E-state index is -0.602. The Morgan fingerprint density at radius 2 is 2.39 bits per heavy atom. The molecule has 92 valence electrons. The molecule has 6 nitrogen and oxygen atoms in total. The van der Waals surface area contributed by atoms with Crippen LogP contribution in [0, 0.1) is 28.4 Å². The summed E-state index contributed by atoms with van der Waals surface area (Å²) in [5.74, 6) is 2.00. The summed E-state index contributed by atoms with van der Waals surface area (Å²) in [4.78, 5) is 27.0. The molecule has 0 saturated carbocycles. The zero-order valence-corrected chi connectivity index (χ0v) is 9.92. The number of aromatic nitrogens is 1. The van der Waals surface area contributed by atoms with Gasteiger partial charge in [-0.2, -0.15) is 0 Å². The van der Waals surface area contributed by atoms with Crippen molar-refractivity contribution in [3.05, 3.63) is 27.5 Å². The van der Waals surface area contributed by atoms with Gasteiger partial charge in [-0.25, -0.2) is 4.98 Å². The number of pyridine rings is 1. The third-order valence-corrected chi connectivity index (χ3v) is 2.88. The Kier molecular flexibility index (Phi) is 3.17. The second-order valence-corrected chi connectivity index (χ2v) is 4.21. The van der Waals surface area contributed by atoms with Gasteiger partial charge in [-0.3, -0.25) is 14.9 Å². The van der Waals surface area contributed by atoms with Crippen molar-refractivity contribution in [2.75, 3.05) is 11.4 Å². The lowest BCUT2D eigenvalue weighted by atomic mass is 10.1. The van der Waals surface area contributed by atoms with Crippen LogP contribution >= 0.6 is 11.6 Å². The topological polar surface area (TPSA) is 76.3 Å². The molecule has 1 amide bonds. The predicted octanol–water partition coefficient (Wildman–Crippen LogP) is 1.63. The molecule has 1 unspecified atom stereocenters. The normalized spacial score (nSPS) is 18.8. The Balaban J connectivity index is 2.45. The first-order valence-electron chi connectivity index (χ1n) is 5.09. The molecular formula is C11H8ClN3O3. The molecule has 1 fully saturated rings. The summed E-state index contributed by atoms with van der Waals surface area (Å²) in [5, 5.41) is 11.0. The molecule has 0 N–H and O–H groups in total. The van der Waals surface area contributed by atoms with E-state index in [1.54, 1.807) is 0 Å². The summed E-state index contributed by atoms with van der Waals surface area (Å²) in [6, 6.07) is 1.30. The molecule has 1 aromatic heterocycles. The molecule has 1 saturated heterocycles. The number of hydrogen-bond acceptors (Lipinski definition) is 4. The van der Waals surface area contributed by atoms with E-state index in [0.717, 1.165) is 6.20 Å². The second-order valence-electron chi connectivity index (χ2n) is 3.82. The molecule has 7 heteroatoms. The van der Waals surface area contributed by atoms with Gasteiger partial charge in [-0.05, 0) is 0 Å². The Labute approximate surface area is 108 Å². The van der Waals surface area contributed by atoms with E-state index in [1.165, 1.54) is 11.0 Å². The zero-order chi connectivity index (χ0) is 13.3. The Hall–Kier alpha value is -2.13. The molecule has 0 aromatic carbocycles. The standard InChI is InChI=1S/C11H8ClN3O3/c1-2-7-3-11(16)14(6-7)8-4-10(12)13-5-9(8)15(17)18/h1,4-5,7H,3,6H2. The highest BCUT2D eigenvalue weighted by Crippen LogP contribution is 2.33. The molecule has 0 bridgehead atoms. The summed E-state index contributed by atoms with van der Waals surface area (Å²) < 4.78 is 0. The fraction of sp³-hybridized carbons (Fsp3) is 0.273. The monoisotopic (exact) mass is 265 g/mol. The fourth-order valence-corrected chi connectivity index (χ4v) is 1.97. The van der Waals surface area contributed by atoms with Crippen molar-refractivity contribution in [3.63, 3.8) is 0 Å². The number of anilines is 1. The summed E-state index contributed by atoms with van der Waals surface area (Å²) in [5.41, 5.74) is -0.117. The highest BCUT2D eigenvalue weighted by atomic mass is 35.5. The number of terminal acetylenes is 1. The van der Waals surface area contributed by atoms with E-state index in [0.29, 0.717) is 0 Å². The molecule has 0 spiro atoms. The second kappa shape index (κ2) is 4.63. The first-order valence-corrected chi connectivity index (χ1v) is 5.47. The van der Waals surface area contributed by atoms with Crippen molar-refractivity contribution in [2.45, 2.75) is 6.42 Å². The van der Waals surface area contributed by atoms with Crippen molar-refractivity contribution in [1.82, 2.24) is 4.98 Å². The molecule has 18 heavy (non-hydrogen) atoms. The van der Waals surface area contributed by atoms with Gasteiger partial charge < -0.3 is 4.90 Å². The van der Waals surface area contributed by atoms with Crippen LogP contribution in [0.3, 0.4) is 0 Å². The van der Waals surface area contributed by atoms with Crippen LogP contribution in [-0.2, 0) is 4.79 Å². The van der Waals surface area contributed by atoms with E-state index in [1.807, 2.05) is 0 Å². The number of amides is 1. The number of hydrogen-bond donors (Lipinski definition) is 0. The number of carbonyl (C=O) groups excluding carboxylic acids is 1. The average molecular weight is 266 g/mol. The summed E-state index contributed by atoms with van der Waals surface area (Å²) in [6.07, 6.45) is 6.49. The lowest BCUT2D eigenvalue weighted by Gasteiger charge is -2.15. The SMILES string of the molecule is C#CC1CC(=O)N(c2cc(Cl)ncc2[N+](=O)[O-])C1. The maximum Gasteiger partial charge on any atom is 0.311 e. The third kappa shape index (κ3) is 2.13. The maximum absolute atomic E-state index is 11.8. The van der Waals surface area contributed by atoms with Crippen molar-refractivity contribution in [3.8, 4) is 12.3 Å². The Morgan fingerprint density at radius 1 is 1.67 bits per heavy atom.